The van der Waals surface area contributed by atoms with Gasteiger partial charge in [-0.05, 0) is 12.3 Å². The van der Waals surface area contributed by atoms with Gasteiger partial charge in [-0.3, -0.25) is 14.6 Å². The Hall–Kier alpha value is -1.10. The van der Waals surface area contributed by atoms with Gasteiger partial charge >= 0.3 is 5.97 Å². The second-order valence-electron chi connectivity index (χ2n) is 4.33. The first-order valence-corrected chi connectivity index (χ1v) is 4.95. The predicted molar refractivity (Wildman–Crippen MR) is 56.6 cm³/mol. The van der Waals surface area contributed by atoms with Crippen molar-refractivity contribution in [1.82, 2.24) is 5.01 Å². The van der Waals surface area contributed by atoms with E-state index in [1.807, 2.05) is 13.8 Å². The van der Waals surface area contributed by atoms with Gasteiger partial charge in [0.2, 0.25) is 5.91 Å². The van der Waals surface area contributed by atoms with Crippen LogP contribution in [0.3, 0.4) is 0 Å². The van der Waals surface area contributed by atoms with Crippen molar-refractivity contribution < 1.29 is 14.3 Å². The Balaban J connectivity index is 4.18. The zero-order chi connectivity index (χ0) is 12.1. The number of nitrogens with zero attached hydrogens (tertiary/aromatic N) is 1. The highest BCUT2D eigenvalue weighted by molar-refractivity contribution is 5.77. The maximum atomic E-state index is 11.3. The molecule has 0 bridgehead atoms. The van der Waals surface area contributed by atoms with Crippen molar-refractivity contribution in [2.24, 2.45) is 11.3 Å². The normalized spacial score (nSPS) is 11.0. The minimum absolute atomic E-state index is 0.190. The molecule has 0 saturated heterocycles. The van der Waals surface area contributed by atoms with Crippen molar-refractivity contribution >= 4 is 11.9 Å². The maximum absolute atomic E-state index is 11.3. The molecular weight excluding hydrogens is 196 g/mol. The van der Waals surface area contributed by atoms with Gasteiger partial charge in [0.1, 0.15) is 0 Å². The van der Waals surface area contributed by atoms with Crippen LogP contribution in [0.15, 0.2) is 0 Å². The van der Waals surface area contributed by atoms with Crippen molar-refractivity contribution in [3.63, 3.8) is 0 Å². The fourth-order valence-corrected chi connectivity index (χ4v) is 1.20. The molecule has 5 heteroatoms. The Morgan fingerprint density at radius 3 is 2.27 bits per heavy atom. The van der Waals surface area contributed by atoms with E-state index in [-0.39, 0.29) is 24.7 Å². The minimum atomic E-state index is -0.420. The highest BCUT2D eigenvalue weighted by atomic mass is 16.5. The molecule has 0 aliphatic carbocycles. The molecule has 0 heterocycles. The Morgan fingerprint density at radius 1 is 1.33 bits per heavy atom. The van der Waals surface area contributed by atoms with Crippen LogP contribution in [0.4, 0.5) is 0 Å². The quantitative estimate of drug-likeness (QED) is 0.317. The predicted octanol–water partition coefficient (Wildman–Crippen LogP) is 0.688. The van der Waals surface area contributed by atoms with Gasteiger partial charge in [-0.25, -0.2) is 5.84 Å². The molecule has 0 aromatic carbocycles. The van der Waals surface area contributed by atoms with Crippen LogP contribution in [0, 0.1) is 5.41 Å². The second kappa shape index (κ2) is 5.70. The Kier molecular flexibility index (Phi) is 5.28. The summed E-state index contributed by atoms with van der Waals surface area (Å²) in [6.45, 7) is 5.79. The van der Waals surface area contributed by atoms with E-state index in [9.17, 15) is 9.59 Å². The van der Waals surface area contributed by atoms with Crippen molar-refractivity contribution in [2.45, 2.75) is 33.6 Å². The van der Waals surface area contributed by atoms with Crippen LogP contribution in [-0.4, -0.2) is 30.5 Å². The molecule has 0 saturated carbocycles. The number of hydrogen-bond donors (Lipinski definition) is 1. The topological polar surface area (TPSA) is 72.6 Å². The summed E-state index contributed by atoms with van der Waals surface area (Å²) in [7, 11) is 1.49. The SMILES string of the molecule is CCOC(=O)CC(C)(C)CC(=O)N(C)N. The first-order chi connectivity index (χ1) is 6.78. The van der Waals surface area contributed by atoms with Gasteiger partial charge in [0, 0.05) is 13.5 Å². The molecule has 0 aliphatic heterocycles. The number of hydrogen-bond acceptors (Lipinski definition) is 4. The van der Waals surface area contributed by atoms with E-state index in [1.54, 1.807) is 6.92 Å². The fraction of sp³-hybridized carbons (Fsp3) is 0.800. The monoisotopic (exact) mass is 216 g/mol. The summed E-state index contributed by atoms with van der Waals surface area (Å²) in [5.41, 5.74) is -0.420. The molecule has 0 fully saturated rings. The highest BCUT2D eigenvalue weighted by Crippen LogP contribution is 2.25. The van der Waals surface area contributed by atoms with Gasteiger partial charge in [-0.15, -0.1) is 0 Å². The third-order valence-corrected chi connectivity index (χ3v) is 1.95. The number of hydrazine groups is 1. The van der Waals surface area contributed by atoms with Crippen molar-refractivity contribution in [3.05, 3.63) is 0 Å². The van der Waals surface area contributed by atoms with Crippen LogP contribution in [-0.2, 0) is 14.3 Å². The van der Waals surface area contributed by atoms with Gasteiger partial charge in [-0.2, -0.15) is 0 Å². The number of esters is 1. The van der Waals surface area contributed by atoms with E-state index in [4.69, 9.17) is 10.6 Å². The lowest BCUT2D eigenvalue weighted by atomic mass is 9.85. The number of carbonyl (C=O) groups excluding carboxylic acids is 2. The molecule has 0 aliphatic rings. The fourth-order valence-electron chi connectivity index (χ4n) is 1.20. The molecule has 1 amide bonds. The first kappa shape index (κ1) is 13.9. The van der Waals surface area contributed by atoms with Crippen LogP contribution in [0.1, 0.15) is 33.6 Å². The smallest absolute Gasteiger partial charge is 0.306 e. The van der Waals surface area contributed by atoms with Gasteiger partial charge < -0.3 is 4.74 Å². The van der Waals surface area contributed by atoms with Crippen LogP contribution in [0.5, 0.6) is 0 Å². The maximum Gasteiger partial charge on any atom is 0.306 e. The summed E-state index contributed by atoms with van der Waals surface area (Å²) in [6, 6.07) is 0. The average molecular weight is 216 g/mol. The number of amides is 1. The largest absolute Gasteiger partial charge is 0.466 e. The lowest BCUT2D eigenvalue weighted by Crippen LogP contribution is -2.36. The zero-order valence-electron chi connectivity index (χ0n) is 9.87. The Bertz CT molecular complexity index is 237. The Morgan fingerprint density at radius 2 is 1.87 bits per heavy atom. The molecule has 0 radical (unpaired) electrons. The molecule has 0 aromatic heterocycles. The molecule has 0 atom stereocenters. The third kappa shape index (κ3) is 6.06. The summed E-state index contributed by atoms with van der Waals surface area (Å²) in [5.74, 6) is 4.83. The number of carbonyl (C=O) groups is 2. The van der Waals surface area contributed by atoms with Crippen molar-refractivity contribution in [2.75, 3.05) is 13.7 Å². The minimum Gasteiger partial charge on any atom is -0.466 e. The van der Waals surface area contributed by atoms with E-state index < -0.39 is 5.41 Å². The van der Waals surface area contributed by atoms with Crippen molar-refractivity contribution in [1.29, 1.82) is 0 Å². The third-order valence-electron chi connectivity index (χ3n) is 1.95. The lowest BCUT2D eigenvalue weighted by molar-refractivity contribution is -0.146. The summed E-state index contributed by atoms with van der Waals surface area (Å²) >= 11 is 0. The Labute approximate surface area is 90.5 Å². The zero-order valence-corrected chi connectivity index (χ0v) is 9.87. The van der Waals surface area contributed by atoms with Crippen LogP contribution < -0.4 is 5.84 Å². The van der Waals surface area contributed by atoms with Crippen molar-refractivity contribution in [3.8, 4) is 0 Å². The molecule has 88 valence electrons. The van der Waals surface area contributed by atoms with Gasteiger partial charge in [-0.1, -0.05) is 13.8 Å². The molecular formula is C10H20N2O3. The number of nitrogens with two attached hydrogens (primary N) is 1. The summed E-state index contributed by atoms with van der Waals surface area (Å²) in [4.78, 5) is 22.6. The van der Waals surface area contributed by atoms with Crippen LogP contribution in [0.2, 0.25) is 0 Å². The van der Waals surface area contributed by atoms with E-state index in [1.165, 1.54) is 7.05 Å². The van der Waals surface area contributed by atoms with Gasteiger partial charge in [0.05, 0.1) is 13.0 Å². The standard InChI is InChI=1S/C10H20N2O3/c1-5-15-9(14)7-10(2,3)6-8(13)12(4)11/h5-7,11H2,1-4H3. The van der Waals surface area contributed by atoms with E-state index in [0.717, 1.165) is 5.01 Å². The number of rotatable bonds is 5. The summed E-state index contributed by atoms with van der Waals surface area (Å²) in [6.07, 6.45) is 0.458. The molecule has 0 unspecified atom stereocenters. The summed E-state index contributed by atoms with van der Waals surface area (Å²) in [5, 5.41) is 1.03. The van der Waals surface area contributed by atoms with Gasteiger partial charge in [0.25, 0.3) is 0 Å². The number of ether oxygens (including phenoxy) is 1. The first-order valence-electron chi connectivity index (χ1n) is 4.95. The molecule has 0 rings (SSSR count). The highest BCUT2D eigenvalue weighted by Gasteiger charge is 2.26. The summed E-state index contributed by atoms with van der Waals surface area (Å²) < 4.78 is 4.82. The second-order valence-corrected chi connectivity index (χ2v) is 4.33. The van der Waals surface area contributed by atoms with E-state index >= 15 is 0 Å². The van der Waals surface area contributed by atoms with Gasteiger partial charge in [0.15, 0.2) is 0 Å². The van der Waals surface area contributed by atoms with E-state index in [0.29, 0.717) is 6.61 Å². The molecule has 0 spiro atoms. The molecule has 5 nitrogen and oxygen atoms in total. The van der Waals surface area contributed by atoms with Crippen LogP contribution in [0.25, 0.3) is 0 Å². The molecule has 15 heavy (non-hydrogen) atoms. The van der Waals surface area contributed by atoms with Crippen LogP contribution >= 0.6 is 0 Å². The average Bonchev–Trinajstić information content (AvgIpc) is 2.01. The lowest BCUT2D eigenvalue weighted by Gasteiger charge is -2.24. The molecule has 2 N–H and O–H groups in total. The van der Waals surface area contributed by atoms with E-state index in [2.05, 4.69) is 0 Å². The molecule has 0 aromatic rings.